The molecule has 1 heterocycles. The van der Waals surface area contributed by atoms with Crippen LogP contribution in [0.3, 0.4) is 0 Å². The number of benzene rings is 1. The molecule has 4 N–H and O–H groups in total. The number of aromatic nitrogens is 1. The maximum absolute atomic E-state index is 12.2. The first-order valence-corrected chi connectivity index (χ1v) is 6.38. The maximum atomic E-state index is 12.2. The number of hydrogen-bond donors (Lipinski definition) is 3. The molecule has 0 aliphatic carbocycles. The first-order chi connectivity index (χ1) is 10.0. The number of aryl methyl sites for hydroxylation is 1. The van der Waals surface area contributed by atoms with E-state index >= 15 is 0 Å². The maximum Gasteiger partial charge on any atom is 0.275 e. The lowest BCUT2D eigenvalue weighted by Gasteiger charge is -2.10. The van der Waals surface area contributed by atoms with Crippen LogP contribution in [0.25, 0.3) is 0 Å². The average molecular weight is 302 g/mol. The van der Waals surface area contributed by atoms with Crippen LogP contribution in [-0.2, 0) is 0 Å². The molecule has 0 unspecified atom stereocenters. The Hall–Kier alpha value is -2.62. The number of nitrogens with one attached hydrogen (secondary N) is 2. The molecule has 0 bridgehead atoms. The van der Waals surface area contributed by atoms with Crippen LogP contribution in [0.15, 0.2) is 30.3 Å². The summed E-state index contributed by atoms with van der Waals surface area (Å²) in [5.74, 6) is 5.11. The van der Waals surface area contributed by atoms with Gasteiger partial charge in [0.15, 0.2) is 0 Å². The van der Waals surface area contributed by atoms with Crippen molar-refractivity contribution in [3.8, 4) is 6.07 Å². The standard InChI is InChI=1S/C14H12ClN5O/c1-8-2-3-9(7-16)6-11(8)18-14(21)13-10(15)4-5-12(19-13)20-17/h2-6H,17H2,1H3,(H,18,21)(H,19,20). The van der Waals surface area contributed by atoms with Gasteiger partial charge in [-0.05, 0) is 36.8 Å². The number of nitrogen functional groups attached to an aromatic ring is 1. The lowest BCUT2D eigenvalue weighted by atomic mass is 10.1. The molecular formula is C14H12ClN5O. The van der Waals surface area contributed by atoms with E-state index in [-0.39, 0.29) is 10.7 Å². The molecule has 7 heteroatoms. The van der Waals surface area contributed by atoms with Gasteiger partial charge in [-0.25, -0.2) is 10.8 Å². The molecule has 0 saturated heterocycles. The van der Waals surface area contributed by atoms with Crippen molar-refractivity contribution in [1.82, 2.24) is 4.98 Å². The van der Waals surface area contributed by atoms with Crippen LogP contribution in [0.2, 0.25) is 5.02 Å². The van der Waals surface area contributed by atoms with Crippen LogP contribution in [0.1, 0.15) is 21.6 Å². The molecule has 0 aliphatic rings. The second-order valence-electron chi connectivity index (χ2n) is 4.27. The van der Waals surface area contributed by atoms with Gasteiger partial charge in [0.1, 0.15) is 11.5 Å². The zero-order valence-electron chi connectivity index (χ0n) is 11.1. The molecule has 1 aromatic heterocycles. The second kappa shape index (κ2) is 6.22. The Labute approximate surface area is 126 Å². The van der Waals surface area contributed by atoms with Crippen LogP contribution in [0.5, 0.6) is 0 Å². The molecule has 0 atom stereocenters. The number of rotatable bonds is 3. The number of nitrogens with zero attached hydrogens (tertiary/aromatic N) is 2. The lowest BCUT2D eigenvalue weighted by Crippen LogP contribution is -2.17. The minimum Gasteiger partial charge on any atom is -0.320 e. The van der Waals surface area contributed by atoms with Gasteiger partial charge in [-0.1, -0.05) is 17.7 Å². The third kappa shape index (κ3) is 3.28. The van der Waals surface area contributed by atoms with Crippen molar-refractivity contribution >= 4 is 29.0 Å². The Balaban J connectivity index is 2.32. The number of nitrogens with two attached hydrogens (primary N) is 1. The van der Waals surface area contributed by atoms with Crippen molar-refractivity contribution < 1.29 is 4.79 Å². The predicted molar refractivity (Wildman–Crippen MR) is 80.9 cm³/mol. The van der Waals surface area contributed by atoms with Gasteiger partial charge < -0.3 is 10.7 Å². The molecule has 1 aromatic carbocycles. The van der Waals surface area contributed by atoms with E-state index in [9.17, 15) is 4.79 Å². The van der Waals surface area contributed by atoms with Gasteiger partial charge in [0.2, 0.25) is 0 Å². The van der Waals surface area contributed by atoms with Gasteiger partial charge in [0.25, 0.3) is 5.91 Å². The number of hydrazine groups is 1. The van der Waals surface area contributed by atoms with Gasteiger partial charge in [-0.3, -0.25) is 4.79 Å². The molecule has 0 aliphatic heterocycles. The van der Waals surface area contributed by atoms with Crippen molar-refractivity contribution in [3.05, 3.63) is 52.2 Å². The van der Waals surface area contributed by atoms with Crippen molar-refractivity contribution in [2.75, 3.05) is 10.7 Å². The van der Waals surface area contributed by atoms with Crippen molar-refractivity contribution in [3.63, 3.8) is 0 Å². The van der Waals surface area contributed by atoms with E-state index < -0.39 is 5.91 Å². The summed E-state index contributed by atoms with van der Waals surface area (Å²) in [5, 5.41) is 11.8. The number of amides is 1. The monoisotopic (exact) mass is 301 g/mol. The topological polar surface area (TPSA) is 104 Å². The van der Waals surface area contributed by atoms with Gasteiger partial charge >= 0.3 is 0 Å². The number of hydrogen-bond acceptors (Lipinski definition) is 5. The second-order valence-corrected chi connectivity index (χ2v) is 4.67. The van der Waals surface area contributed by atoms with Crippen LogP contribution < -0.4 is 16.6 Å². The summed E-state index contributed by atoms with van der Waals surface area (Å²) in [6.07, 6.45) is 0. The molecule has 0 radical (unpaired) electrons. The number of halogens is 1. The first-order valence-electron chi connectivity index (χ1n) is 6.00. The summed E-state index contributed by atoms with van der Waals surface area (Å²) >= 11 is 5.97. The van der Waals surface area contributed by atoms with Gasteiger partial charge in [0.05, 0.1) is 16.7 Å². The summed E-state index contributed by atoms with van der Waals surface area (Å²) in [5.41, 5.74) is 4.21. The molecule has 0 fully saturated rings. The molecule has 1 amide bonds. The van der Waals surface area contributed by atoms with Gasteiger partial charge in [-0.15, -0.1) is 0 Å². The largest absolute Gasteiger partial charge is 0.320 e. The number of carbonyl (C=O) groups is 1. The SMILES string of the molecule is Cc1ccc(C#N)cc1NC(=O)c1nc(NN)ccc1Cl. The Morgan fingerprint density at radius 1 is 1.38 bits per heavy atom. The van der Waals surface area contributed by atoms with Gasteiger partial charge in [0, 0.05) is 5.69 Å². The van der Waals surface area contributed by atoms with Crippen molar-refractivity contribution in [1.29, 1.82) is 5.26 Å². The van der Waals surface area contributed by atoms with Crippen LogP contribution in [-0.4, -0.2) is 10.9 Å². The van der Waals surface area contributed by atoms with E-state index in [4.69, 9.17) is 22.7 Å². The predicted octanol–water partition coefficient (Wildman–Crippen LogP) is 2.45. The molecule has 0 saturated carbocycles. The fourth-order valence-electron chi connectivity index (χ4n) is 1.69. The minimum atomic E-state index is -0.477. The smallest absolute Gasteiger partial charge is 0.275 e. The highest BCUT2D eigenvalue weighted by Crippen LogP contribution is 2.20. The van der Waals surface area contributed by atoms with Crippen LogP contribution in [0.4, 0.5) is 11.5 Å². The molecular weight excluding hydrogens is 290 g/mol. The molecule has 106 valence electrons. The summed E-state index contributed by atoms with van der Waals surface area (Å²) in [4.78, 5) is 16.3. The quantitative estimate of drug-likeness (QED) is 0.597. The number of pyridine rings is 1. The normalized spacial score (nSPS) is 9.81. The summed E-state index contributed by atoms with van der Waals surface area (Å²) in [6.45, 7) is 1.82. The first kappa shape index (κ1) is 14.8. The van der Waals surface area contributed by atoms with E-state index in [0.717, 1.165) is 5.56 Å². The lowest BCUT2D eigenvalue weighted by molar-refractivity contribution is 0.102. The number of anilines is 2. The fourth-order valence-corrected chi connectivity index (χ4v) is 1.88. The van der Waals surface area contributed by atoms with Gasteiger partial charge in [-0.2, -0.15) is 5.26 Å². The highest BCUT2D eigenvalue weighted by atomic mass is 35.5. The molecule has 2 aromatic rings. The van der Waals surface area contributed by atoms with Crippen molar-refractivity contribution in [2.45, 2.75) is 6.92 Å². The highest BCUT2D eigenvalue weighted by molar-refractivity contribution is 6.34. The Morgan fingerprint density at radius 2 is 2.14 bits per heavy atom. The number of nitriles is 1. The van der Waals surface area contributed by atoms with Crippen LogP contribution >= 0.6 is 11.6 Å². The summed E-state index contributed by atoms with van der Waals surface area (Å²) in [6, 6.07) is 10.1. The van der Waals surface area contributed by atoms with Crippen molar-refractivity contribution in [2.24, 2.45) is 5.84 Å². The molecule has 2 rings (SSSR count). The van der Waals surface area contributed by atoms with E-state index in [1.54, 1.807) is 24.3 Å². The highest BCUT2D eigenvalue weighted by Gasteiger charge is 2.14. The fraction of sp³-hybridized carbons (Fsp3) is 0.0714. The Kier molecular flexibility index (Phi) is 4.38. The molecule has 21 heavy (non-hydrogen) atoms. The molecule has 6 nitrogen and oxygen atoms in total. The third-order valence-electron chi connectivity index (χ3n) is 2.82. The summed E-state index contributed by atoms with van der Waals surface area (Å²) in [7, 11) is 0. The number of carbonyl (C=O) groups excluding carboxylic acids is 1. The third-order valence-corrected chi connectivity index (χ3v) is 3.13. The Bertz CT molecular complexity index is 739. The zero-order valence-corrected chi connectivity index (χ0v) is 11.9. The average Bonchev–Trinajstić information content (AvgIpc) is 2.49. The Morgan fingerprint density at radius 3 is 2.81 bits per heavy atom. The van der Waals surface area contributed by atoms with E-state index in [1.165, 1.54) is 6.07 Å². The molecule has 0 spiro atoms. The van der Waals surface area contributed by atoms with E-state index in [0.29, 0.717) is 17.1 Å². The van der Waals surface area contributed by atoms with Crippen LogP contribution in [0, 0.1) is 18.3 Å². The minimum absolute atomic E-state index is 0.0499. The van der Waals surface area contributed by atoms with E-state index in [2.05, 4.69) is 15.7 Å². The zero-order chi connectivity index (χ0) is 15.4. The summed E-state index contributed by atoms with van der Waals surface area (Å²) < 4.78 is 0. The van der Waals surface area contributed by atoms with E-state index in [1.807, 2.05) is 13.0 Å².